The van der Waals surface area contributed by atoms with Crippen molar-refractivity contribution < 1.29 is 0 Å². The van der Waals surface area contributed by atoms with E-state index >= 15 is 0 Å². The van der Waals surface area contributed by atoms with Crippen LogP contribution in [0.5, 0.6) is 0 Å². The molecular weight excluding hydrogens is 314 g/mol. The van der Waals surface area contributed by atoms with Gasteiger partial charge in [-0.15, -0.1) is 0 Å². The number of rotatable bonds is 4. The molecule has 96 valence electrons. The Morgan fingerprint density at radius 2 is 2.06 bits per heavy atom. The molecule has 0 aliphatic heterocycles. The SMILES string of the molecule is C[C@@H](NCc1ncc(Cl)n1C)c1ccc(Br)cc1. The summed E-state index contributed by atoms with van der Waals surface area (Å²) < 4.78 is 2.97. The molecule has 1 aromatic carbocycles. The lowest BCUT2D eigenvalue weighted by Gasteiger charge is -2.14. The van der Waals surface area contributed by atoms with Gasteiger partial charge in [-0.05, 0) is 24.6 Å². The van der Waals surface area contributed by atoms with Gasteiger partial charge in [0, 0.05) is 17.6 Å². The third kappa shape index (κ3) is 3.13. The van der Waals surface area contributed by atoms with Crippen molar-refractivity contribution in [3.05, 3.63) is 51.5 Å². The van der Waals surface area contributed by atoms with Crippen LogP contribution in [0.1, 0.15) is 24.4 Å². The van der Waals surface area contributed by atoms with Gasteiger partial charge in [0.15, 0.2) is 0 Å². The van der Waals surface area contributed by atoms with E-state index in [1.807, 2.05) is 23.7 Å². The second kappa shape index (κ2) is 5.87. The van der Waals surface area contributed by atoms with Crippen LogP contribution in [-0.4, -0.2) is 9.55 Å². The van der Waals surface area contributed by atoms with Gasteiger partial charge >= 0.3 is 0 Å². The summed E-state index contributed by atoms with van der Waals surface area (Å²) in [5, 5.41) is 4.09. The molecule has 0 saturated heterocycles. The van der Waals surface area contributed by atoms with E-state index in [0.29, 0.717) is 11.7 Å². The van der Waals surface area contributed by atoms with E-state index in [4.69, 9.17) is 11.6 Å². The molecule has 1 N–H and O–H groups in total. The van der Waals surface area contributed by atoms with Crippen molar-refractivity contribution in [2.45, 2.75) is 19.5 Å². The molecule has 0 unspecified atom stereocenters. The monoisotopic (exact) mass is 327 g/mol. The molecule has 0 radical (unpaired) electrons. The Morgan fingerprint density at radius 3 is 2.61 bits per heavy atom. The number of nitrogens with zero attached hydrogens (tertiary/aromatic N) is 2. The Labute approximate surface area is 120 Å². The van der Waals surface area contributed by atoms with Gasteiger partial charge in [0.2, 0.25) is 0 Å². The van der Waals surface area contributed by atoms with E-state index in [2.05, 4.69) is 45.3 Å². The van der Waals surface area contributed by atoms with Crippen LogP contribution in [-0.2, 0) is 13.6 Å². The molecular formula is C13H15BrClN3. The molecule has 3 nitrogen and oxygen atoms in total. The first-order chi connectivity index (χ1) is 8.58. The van der Waals surface area contributed by atoms with Crippen molar-refractivity contribution >= 4 is 27.5 Å². The highest BCUT2D eigenvalue weighted by Crippen LogP contribution is 2.17. The molecule has 0 fully saturated rings. The van der Waals surface area contributed by atoms with Crippen LogP contribution in [0.4, 0.5) is 0 Å². The van der Waals surface area contributed by atoms with Crippen LogP contribution in [0, 0.1) is 0 Å². The van der Waals surface area contributed by atoms with E-state index in [1.165, 1.54) is 5.56 Å². The Morgan fingerprint density at radius 1 is 1.39 bits per heavy atom. The van der Waals surface area contributed by atoms with Crippen molar-refractivity contribution in [3.63, 3.8) is 0 Å². The van der Waals surface area contributed by atoms with E-state index < -0.39 is 0 Å². The Kier molecular flexibility index (Phi) is 4.43. The summed E-state index contributed by atoms with van der Waals surface area (Å²) in [6.45, 7) is 2.83. The summed E-state index contributed by atoms with van der Waals surface area (Å²) >= 11 is 9.38. The maximum Gasteiger partial charge on any atom is 0.128 e. The molecule has 0 spiro atoms. The fraction of sp³-hybridized carbons (Fsp3) is 0.308. The quantitative estimate of drug-likeness (QED) is 0.927. The average molecular weight is 329 g/mol. The topological polar surface area (TPSA) is 29.9 Å². The lowest BCUT2D eigenvalue weighted by atomic mass is 10.1. The van der Waals surface area contributed by atoms with Crippen LogP contribution in [0.25, 0.3) is 0 Å². The summed E-state index contributed by atoms with van der Waals surface area (Å²) in [5.41, 5.74) is 1.25. The standard InChI is InChI=1S/C13H15BrClN3/c1-9(10-3-5-11(14)6-4-10)16-8-13-17-7-12(15)18(13)2/h3-7,9,16H,8H2,1-2H3/t9-/m1/s1. The Balaban J connectivity index is 1.98. The third-order valence-electron chi connectivity index (χ3n) is 2.96. The van der Waals surface area contributed by atoms with Crippen molar-refractivity contribution in [3.8, 4) is 0 Å². The molecule has 0 amide bonds. The molecule has 18 heavy (non-hydrogen) atoms. The van der Waals surface area contributed by atoms with Gasteiger partial charge < -0.3 is 9.88 Å². The summed E-state index contributed by atoms with van der Waals surface area (Å²) in [6, 6.07) is 8.57. The fourth-order valence-electron chi connectivity index (χ4n) is 1.70. The first-order valence-electron chi connectivity index (χ1n) is 5.73. The van der Waals surface area contributed by atoms with E-state index in [1.54, 1.807) is 6.20 Å². The fourth-order valence-corrected chi connectivity index (χ4v) is 2.11. The van der Waals surface area contributed by atoms with Crippen LogP contribution >= 0.6 is 27.5 Å². The average Bonchev–Trinajstić information content (AvgIpc) is 2.68. The van der Waals surface area contributed by atoms with E-state index in [9.17, 15) is 0 Å². The van der Waals surface area contributed by atoms with Gasteiger partial charge in [-0.3, -0.25) is 0 Å². The molecule has 0 aliphatic carbocycles. The van der Waals surface area contributed by atoms with Crippen LogP contribution in [0.2, 0.25) is 5.15 Å². The molecule has 0 aliphatic rings. The zero-order chi connectivity index (χ0) is 13.1. The summed E-state index contributed by atoms with van der Waals surface area (Å²) in [5.74, 6) is 0.934. The minimum atomic E-state index is 0.272. The van der Waals surface area contributed by atoms with Crippen molar-refractivity contribution in [2.24, 2.45) is 7.05 Å². The number of imidazole rings is 1. The largest absolute Gasteiger partial charge is 0.321 e. The van der Waals surface area contributed by atoms with E-state index in [0.717, 1.165) is 10.3 Å². The number of benzene rings is 1. The Bertz CT molecular complexity index is 522. The third-order valence-corrected chi connectivity index (χ3v) is 3.84. The second-order valence-electron chi connectivity index (χ2n) is 4.21. The maximum absolute atomic E-state index is 5.95. The highest BCUT2D eigenvalue weighted by atomic mass is 79.9. The van der Waals surface area contributed by atoms with E-state index in [-0.39, 0.29) is 6.04 Å². The van der Waals surface area contributed by atoms with Gasteiger partial charge in [-0.1, -0.05) is 39.7 Å². The predicted molar refractivity (Wildman–Crippen MR) is 77.6 cm³/mol. The molecule has 1 heterocycles. The molecule has 0 saturated carbocycles. The molecule has 2 rings (SSSR count). The van der Waals surface area contributed by atoms with Gasteiger partial charge in [0.1, 0.15) is 11.0 Å². The minimum Gasteiger partial charge on any atom is -0.321 e. The maximum atomic E-state index is 5.95. The minimum absolute atomic E-state index is 0.272. The zero-order valence-corrected chi connectivity index (χ0v) is 12.7. The van der Waals surface area contributed by atoms with Crippen molar-refractivity contribution in [2.75, 3.05) is 0 Å². The first kappa shape index (κ1) is 13.6. The van der Waals surface area contributed by atoms with Gasteiger partial charge in [0.25, 0.3) is 0 Å². The van der Waals surface area contributed by atoms with Crippen molar-refractivity contribution in [1.29, 1.82) is 0 Å². The number of hydrogen-bond donors (Lipinski definition) is 1. The first-order valence-corrected chi connectivity index (χ1v) is 6.90. The highest BCUT2D eigenvalue weighted by Gasteiger charge is 2.08. The molecule has 1 atom stereocenters. The number of halogens is 2. The van der Waals surface area contributed by atoms with Crippen LogP contribution < -0.4 is 5.32 Å². The zero-order valence-electron chi connectivity index (χ0n) is 10.3. The van der Waals surface area contributed by atoms with Crippen LogP contribution in [0.3, 0.4) is 0 Å². The van der Waals surface area contributed by atoms with Gasteiger partial charge in [-0.25, -0.2) is 4.98 Å². The molecule has 5 heteroatoms. The molecule has 1 aromatic heterocycles. The van der Waals surface area contributed by atoms with Gasteiger partial charge in [0.05, 0.1) is 12.7 Å². The normalized spacial score (nSPS) is 12.7. The smallest absolute Gasteiger partial charge is 0.128 e. The molecule has 2 aromatic rings. The summed E-state index contributed by atoms with van der Waals surface area (Å²) in [7, 11) is 1.91. The summed E-state index contributed by atoms with van der Waals surface area (Å²) in [6.07, 6.45) is 1.67. The molecule has 0 bridgehead atoms. The van der Waals surface area contributed by atoms with Gasteiger partial charge in [-0.2, -0.15) is 0 Å². The summed E-state index contributed by atoms with van der Waals surface area (Å²) in [4.78, 5) is 4.26. The number of nitrogens with one attached hydrogen (secondary N) is 1. The second-order valence-corrected chi connectivity index (χ2v) is 5.51. The lowest BCUT2D eigenvalue weighted by Crippen LogP contribution is -2.20. The number of hydrogen-bond acceptors (Lipinski definition) is 2. The van der Waals surface area contributed by atoms with Crippen LogP contribution in [0.15, 0.2) is 34.9 Å². The number of aromatic nitrogens is 2. The van der Waals surface area contributed by atoms with Crippen molar-refractivity contribution in [1.82, 2.24) is 14.9 Å². The highest BCUT2D eigenvalue weighted by molar-refractivity contribution is 9.10. The lowest BCUT2D eigenvalue weighted by molar-refractivity contribution is 0.549. The predicted octanol–water partition coefficient (Wildman–Crippen LogP) is 3.69. The Hall–Kier alpha value is -0.840.